The van der Waals surface area contributed by atoms with Crippen molar-refractivity contribution in [1.29, 1.82) is 10.8 Å². The van der Waals surface area contributed by atoms with E-state index < -0.39 is 0 Å². The van der Waals surface area contributed by atoms with Crippen molar-refractivity contribution in [3.8, 4) is 0 Å². The monoisotopic (exact) mass is 359 g/mol. The number of nitrogens with one attached hydrogen (secondary N) is 2. The van der Waals surface area contributed by atoms with Gasteiger partial charge in [-0.25, -0.2) is 0 Å². The highest BCUT2D eigenvalue weighted by Gasteiger charge is 2.22. The minimum Gasteiger partial charge on any atom is -0.478 e. The molecule has 138 valence electrons. The van der Waals surface area contributed by atoms with E-state index in [0.29, 0.717) is 29.2 Å². The normalized spacial score (nSPS) is 12.6. The fourth-order valence-corrected chi connectivity index (χ4v) is 2.75. The second kappa shape index (κ2) is 10.0. The third-order valence-electron chi connectivity index (χ3n) is 3.95. The molecule has 4 nitrogen and oxygen atoms in total. The van der Waals surface area contributed by atoms with Crippen LogP contribution in [0, 0.1) is 10.8 Å². The van der Waals surface area contributed by atoms with E-state index in [2.05, 4.69) is 4.98 Å². The molecule has 0 atom stereocenters. The number of pyridine rings is 1. The van der Waals surface area contributed by atoms with Crippen molar-refractivity contribution in [2.24, 2.45) is 0 Å². The number of aromatic nitrogens is 1. The Balaban J connectivity index is 2.82. The summed E-state index contributed by atoms with van der Waals surface area (Å²) < 4.78 is 5.54. The summed E-state index contributed by atoms with van der Waals surface area (Å²) in [6.45, 7) is 6.07. The van der Waals surface area contributed by atoms with Crippen molar-refractivity contribution in [2.45, 2.75) is 20.8 Å². The summed E-state index contributed by atoms with van der Waals surface area (Å²) >= 11 is 0. The van der Waals surface area contributed by atoms with Gasteiger partial charge in [0.25, 0.3) is 0 Å². The number of rotatable bonds is 7. The van der Waals surface area contributed by atoms with Gasteiger partial charge in [-0.2, -0.15) is 0 Å². The van der Waals surface area contributed by atoms with Crippen LogP contribution in [-0.4, -0.2) is 23.2 Å². The lowest BCUT2D eigenvalue weighted by Crippen LogP contribution is -2.16. The Bertz CT molecular complexity index is 878. The Morgan fingerprint density at radius 3 is 2.30 bits per heavy atom. The van der Waals surface area contributed by atoms with E-state index in [1.165, 1.54) is 0 Å². The molecule has 0 spiro atoms. The standard InChI is InChI=1S/C23H25N3O/c1-4-12-17(5-2)20(22(24)18-13-8-7-9-14-18)21(23(25)27-6-3)19-15-10-11-16-26-19/h4-5,7-16,24-25H,6H2,1-3H3/b12-4-,17-5+,21-20-,24-22?,25-23?. The molecule has 0 fully saturated rings. The van der Waals surface area contributed by atoms with Crippen LogP contribution >= 0.6 is 0 Å². The van der Waals surface area contributed by atoms with Crippen LogP contribution in [0.3, 0.4) is 0 Å². The van der Waals surface area contributed by atoms with Crippen LogP contribution in [-0.2, 0) is 4.74 Å². The van der Waals surface area contributed by atoms with E-state index in [9.17, 15) is 0 Å². The molecule has 2 aromatic rings. The first-order chi connectivity index (χ1) is 13.1. The molecular formula is C23H25N3O. The van der Waals surface area contributed by atoms with E-state index >= 15 is 0 Å². The molecule has 0 saturated carbocycles. The molecule has 0 aliphatic heterocycles. The molecule has 27 heavy (non-hydrogen) atoms. The first kappa shape index (κ1) is 20.0. The zero-order valence-corrected chi connectivity index (χ0v) is 16.0. The molecule has 2 rings (SSSR count). The smallest absolute Gasteiger partial charge is 0.216 e. The number of hydrogen-bond acceptors (Lipinski definition) is 4. The zero-order valence-electron chi connectivity index (χ0n) is 16.0. The predicted molar refractivity (Wildman–Crippen MR) is 112 cm³/mol. The molecule has 0 bridgehead atoms. The van der Waals surface area contributed by atoms with Gasteiger partial charge in [-0.15, -0.1) is 0 Å². The van der Waals surface area contributed by atoms with Crippen molar-refractivity contribution < 1.29 is 4.74 Å². The van der Waals surface area contributed by atoms with Crippen molar-refractivity contribution in [2.75, 3.05) is 6.61 Å². The molecule has 0 amide bonds. The lowest BCUT2D eigenvalue weighted by atomic mass is 9.89. The van der Waals surface area contributed by atoms with Gasteiger partial charge in [0, 0.05) is 17.3 Å². The number of ether oxygens (including phenoxy) is 1. The molecule has 0 radical (unpaired) electrons. The van der Waals surface area contributed by atoms with Gasteiger partial charge in [-0.1, -0.05) is 54.6 Å². The van der Waals surface area contributed by atoms with Gasteiger partial charge in [0.1, 0.15) is 0 Å². The van der Waals surface area contributed by atoms with Crippen LogP contribution in [0.2, 0.25) is 0 Å². The highest BCUT2D eigenvalue weighted by Crippen LogP contribution is 2.28. The maximum absolute atomic E-state index is 8.89. The summed E-state index contributed by atoms with van der Waals surface area (Å²) in [7, 11) is 0. The molecule has 1 heterocycles. The Labute approximate surface area is 161 Å². The van der Waals surface area contributed by atoms with Gasteiger partial charge in [-0.3, -0.25) is 15.8 Å². The summed E-state index contributed by atoms with van der Waals surface area (Å²) in [6.07, 6.45) is 7.49. The van der Waals surface area contributed by atoms with Crippen LogP contribution in [0.4, 0.5) is 0 Å². The Morgan fingerprint density at radius 2 is 1.74 bits per heavy atom. The first-order valence-corrected chi connectivity index (χ1v) is 8.95. The quantitative estimate of drug-likeness (QED) is 0.392. The summed E-state index contributed by atoms with van der Waals surface area (Å²) in [5.41, 5.74) is 3.68. The Hall–Kier alpha value is -3.27. The number of nitrogens with zero attached hydrogens (tertiary/aromatic N) is 1. The highest BCUT2D eigenvalue weighted by molar-refractivity contribution is 6.30. The average molecular weight is 359 g/mol. The second-order valence-corrected chi connectivity index (χ2v) is 5.71. The van der Waals surface area contributed by atoms with E-state index in [1.807, 2.05) is 87.5 Å². The van der Waals surface area contributed by atoms with Gasteiger partial charge in [0.2, 0.25) is 5.90 Å². The molecule has 0 unspecified atom stereocenters. The largest absolute Gasteiger partial charge is 0.478 e. The van der Waals surface area contributed by atoms with E-state index in [-0.39, 0.29) is 5.90 Å². The molecule has 2 N–H and O–H groups in total. The molecule has 0 saturated heterocycles. The summed E-state index contributed by atoms with van der Waals surface area (Å²) in [5, 5.41) is 17.4. The van der Waals surface area contributed by atoms with Crippen LogP contribution in [0.25, 0.3) is 5.57 Å². The molecule has 0 aliphatic rings. The number of benzene rings is 1. The minimum atomic E-state index is 0.00994. The molecular weight excluding hydrogens is 334 g/mol. The zero-order chi connectivity index (χ0) is 19.6. The number of allylic oxidation sites excluding steroid dienone is 5. The fourth-order valence-electron chi connectivity index (χ4n) is 2.75. The summed E-state index contributed by atoms with van der Waals surface area (Å²) in [6, 6.07) is 15.1. The van der Waals surface area contributed by atoms with Gasteiger partial charge in [0.15, 0.2) is 0 Å². The van der Waals surface area contributed by atoms with Crippen LogP contribution in [0.1, 0.15) is 32.0 Å². The van der Waals surface area contributed by atoms with Crippen molar-refractivity contribution in [3.05, 3.63) is 95.4 Å². The van der Waals surface area contributed by atoms with E-state index in [1.54, 1.807) is 6.20 Å². The minimum absolute atomic E-state index is 0.00994. The molecule has 4 heteroatoms. The first-order valence-electron chi connectivity index (χ1n) is 8.95. The van der Waals surface area contributed by atoms with Gasteiger partial charge >= 0.3 is 0 Å². The predicted octanol–water partition coefficient (Wildman–Crippen LogP) is 5.44. The lowest BCUT2D eigenvalue weighted by Gasteiger charge is -2.18. The third-order valence-corrected chi connectivity index (χ3v) is 3.95. The summed E-state index contributed by atoms with van der Waals surface area (Å²) in [5.74, 6) is 0.00994. The van der Waals surface area contributed by atoms with Gasteiger partial charge < -0.3 is 4.74 Å². The number of hydrogen-bond donors (Lipinski definition) is 2. The lowest BCUT2D eigenvalue weighted by molar-refractivity contribution is 0.329. The van der Waals surface area contributed by atoms with Gasteiger partial charge in [-0.05, 0) is 38.5 Å². The molecule has 0 aliphatic carbocycles. The highest BCUT2D eigenvalue weighted by atomic mass is 16.5. The maximum atomic E-state index is 8.89. The van der Waals surface area contributed by atoms with Crippen molar-refractivity contribution in [3.63, 3.8) is 0 Å². The second-order valence-electron chi connectivity index (χ2n) is 5.71. The Kier molecular flexibility index (Phi) is 7.44. The van der Waals surface area contributed by atoms with Crippen molar-refractivity contribution >= 4 is 17.2 Å². The third kappa shape index (κ3) is 4.88. The molecule has 1 aromatic heterocycles. The van der Waals surface area contributed by atoms with Crippen LogP contribution < -0.4 is 0 Å². The molecule has 1 aromatic carbocycles. The topological polar surface area (TPSA) is 69.8 Å². The van der Waals surface area contributed by atoms with Crippen LogP contribution in [0.15, 0.2) is 84.1 Å². The average Bonchev–Trinajstić information content (AvgIpc) is 2.71. The van der Waals surface area contributed by atoms with E-state index in [4.69, 9.17) is 15.6 Å². The fraction of sp³-hybridized carbons (Fsp3) is 0.174. The maximum Gasteiger partial charge on any atom is 0.216 e. The summed E-state index contributed by atoms with van der Waals surface area (Å²) in [4.78, 5) is 4.43. The van der Waals surface area contributed by atoms with Crippen molar-refractivity contribution in [1.82, 2.24) is 4.98 Å². The Morgan fingerprint density at radius 1 is 1.04 bits per heavy atom. The van der Waals surface area contributed by atoms with E-state index in [0.717, 1.165) is 11.1 Å². The van der Waals surface area contributed by atoms with Crippen LogP contribution in [0.5, 0.6) is 0 Å². The van der Waals surface area contributed by atoms with Gasteiger partial charge in [0.05, 0.1) is 23.6 Å². The SMILES string of the molecule is C\C=C/C(=C\C)C(/C(=N)c1ccccc1)=C(/C(=N)OCC)c1ccccn1.